The van der Waals surface area contributed by atoms with Crippen molar-refractivity contribution in [3.8, 4) is 5.69 Å². The lowest BCUT2D eigenvalue weighted by molar-refractivity contribution is 0.320. The van der Waals surface area contributed by atoms with Crippen LogP contribution in [0, 0.1) is 13.8 Å². The van der Waals surface area contributed by atoms with E-state index in [9.17, 15) is 0 Å². The van der Waals surface area contributed by atoms with E-state index in [2.05, 4.69) is 90.9 Å². The first-order valence-corrected chi connectivity index (χ1v) is 12.1. The van der Waals surface area contributed by atoms with Crippen LogP contribution in [0.1, 0.15) is 41.7 Å². The van der Waals surface area contributed by atoms with Gasteiger partial charge >= 0.3 is 0 Å². The minimum atomic E-state index is 0.0210. The van der Waals surface area contributed by atoms with E-state index in [0.717, 1.165) is 17.4 Å². The highest BCUT2D eigenvalue weighted by Crippen LogP contribution is 2.49. The third-order valence-electron chi connectivity index (χ3n) is 6.68. The minimum absolute atomic E-state index is 0.0210. The summed E-state index contributed by atoms with van der Waals surface area (Å²) in [4.78, 5) is 12.4. The van der Waals surface area contributed by atoms with Gasteiger partial charge in [0.1, 0.15) is 6.04 Å². The van der Waals surface area contributed by atoms with Gasteiger partial charge in [-0.05, 0) is 49.1 Å². The molecule has 160 valence electrons. The number of benzene rings is 2. The van der Waals surface area contributed by atoms with E-state index in [1.807, 2.05) is 24.0 Å². The van der Waals surface area contributed by atoms with Gasteiger partial charge in [-0.1, -0.05) is 61.2 Å². The Morgan fingerprint density at radius 2 is 1.78 bits per heavy atom. The second kappa shape index (κ2) is 7.52. The molecule has 0 spiro atoms. The first-order valence-electron chi connectivity index (χ1n) is 11.2. The van der Waals surface area contributed by atoms with Crippen molar-refractivity contribution >= 4 is 27.7 Å². The molecule has 1 fully saturated rings. The summed E-state index contributed by atoms with van der Waals surface area (Å²) in [5.41, 5.74) is 6.16. The van der Waals surface area contributed by atoms with Crippen molar-refractivity contribution in [1.29, 1.82) is 0 Å². The maximum Gasteiger partial charge on any atom is 0.160 e. The zero-order valence-corrected chi connectivity index (χ0v) is 19.4. The molecule has 5 heteroatoms. The van der Waals surface area contributed by atoms with E-state index in [4.69, 9.17) is 9.98 Å². The molecule has 0 saturated carbocycles. The fourth-order valence-electron chi connectivity index (χ4n) is 5.31. The van der Waals surface area contributed by atoms with Crippen LogP contribution in [0.3, 0.4) is 0 Å². The summed E-state index contributed by atoms with van der Waals surface area (Å²) in [6.45, 7) is 7.78. The number of hydrogen-bond acceptors (Lipinski definition) is 4. The lowest BCUT2D eigenvalue weighted by atomic mass is 9.96. The minimum Gasteiger partial charge on any atom is -0.341 e. The van der Waals surface area contributed by atoms with Gasteiger partial charge in [-0.25, -0.2) is 0 Å². The van der Waals surface area contributed by atoms with E-state index in [-0.39, 0.29) is 12.1 Å². The Bertz CT molecular complexity index is 1340. The molecule has 4 heterocycles. The van der Waals surface area contributed by atoms with Gasteiger partial charge in [0, 0.05) is 34.8 Å². The van der Waals surface area contributed by atoms with Crippen molar-refractivity contribution < 1.29 is 0 Å². The van der Waals surface area contributed by atoms with Gasteiger partial charge in [-0.3, -0.25) is 9.98 Å². The molecule has 6 rings (SSSR count). The molecule has 0 unspecified atom stereocenters. The lowest BCUT2D eigenvalue weighted by Crippen LogP contribution is -2.28. The molecule has 2 aromatic heterocycles. The SMILES string of the molecule is Cc1cc([C@H]2[C@H](c3ccccn3)N=C3S[C@@H](C)CN32)c(C)n1-c1cccc2ccccc12. The predicted octanol–water partition coefficient (Wildman–Crippen LogP) is 6.23. The summed E-state index contributed by atoms with van der Waals surface area (Å²) in [5.74, 6) is 0. The van der Waals surface area contributed by atoms with Gasteiger partial charge in [-0.15, -0.1) is 0 Å². The molecule has 4 nitrogen and oxygen atoms in total. The molecule has 4 aromatic rings. The number of nitrogens with zero attached hydrogens (tertiary/aromatic N) is 4. The van der Waals surface area contributed by atoms with Crippen LogP contribution in [0.2, 0.25) is 0 Å². The third kappa shape index (κ3) is 2.99. The maximum absolute atomic E-state index is 5.17. The summed E-state index contributed by atoms with van der Waals surface area (Å²) >= 11 is 1.89. The fourth-order valence-corrected chi connectivity index (χ4v) is 6.41. The zero-order chi connectivity index (χ0) is 21.8. The van der Waals surface area contributed by atoms with Crippen LogP contribution in [0.15, 0.2) is 77.9 Å². The van der Waals surface area contributed by atoms with Gasteiger partial charge in [0.25, 0.3) is 0 Å². The highest BCUT2D eigenvalue weighted by molar-refractivity contribution is 8.14. The normalized spacial score (nSPS) is 22.4. The van der Waals surface area contributed by atoms with Crippen LogP contribution in [0.4, 0.5) is 0 Å². The summed E-state index contributed by atoms with van der Waals surface area (Å²) in [6.07, 6.45) is 1.88. The second-order valence-electron chi connectivity index (χ2n) is 8.80. The molecule has 1 saturated heterocycles. The highest BCUT2D eigenvalue weighted by Gasteiger charge is 2.44. The number of pyridine rings is 1. The number of rotatable bonds is 3. The average molecular weight is 439 g/mol. The molecular weight excluding hydrogens is 412 g/mol. The molecule has 32 heavy (non-hydrogen) atoms. The van der Waals surface area contributed by atoms with Crippen LogP contribution < -0.4 is 0 Å². The Kier molecular flexibility index (Phi) is 4.61. The number of thioether (sulfide) groups is 1. The summed E-state index contributed by atoms with van der Waals surface area (Å²) in [7, 11) is 0. The molecule has 0 N–H and O–H groups in total. The number of fused-ring (bicyclic) bond motifs is 2. The maximum atomic E-state index is 5.17. The van der Waals surface area contributed by atoms with E-state index in [1.54, 1.807) is 0 Å². The van der Waals surface area contributed by atoms with E-state index >= 15 is 0 Å². The molecule has 2 aliphatic heterocycles. The Balaban J connectivity index is 1.51. The molecule has 0 bridgehead atoms. The van der Waals surface area contributed by atoms with Crippen LogP contribution in [0.5, 0.6) is 0 Å². The number of aryl methyl sites for hydroxylation is 1. The number of amidine groups is 1. The van der Waals surface area contributed by atoms with Crippen LogP contribution in [-0.2, 0) is 0 Å². The molecule has 3 atom stereocenters. The van der Waals surface area contributed by atoms with E-state index < -0.39 is 0 Å². The van der Waals surface area contributed by atoms with Gasteiger partial charge in [0.05, 0.1) is 17.4 Å². The number of aromatic nitrogens is 2. The van der Waals surface area contributed by atoms with Crippen molar-refractivity contribution in [3.05, 3.63) is 95.6 Å². The van der Waals surface area contributed by atoms with E-state index in [0.29, 0.717) is 5.25 Å². The molecule has 2 aromatic carbocycles. The smallest absolute Gasteiger partial charge is 0.160 e. The Labute approximate surface area is 193 Å². The van der Waals surface area contributed by atoms with Crippen LogP contribution >= 0.6 is 11.8 Å². The Morgan fingerprint density at radius 1 is 0.969 bits per heavy atom. The largest absolute Gasteiger partial charge is 0.341 e. The number of aliphatic imine (C=N–C) groups is 1. The average Bonchev–Trinajstić information content (AvgIpc) is 3.43. The van der Waals surface area contributed by atoms with Gasteiger partial charge < -0.3 is 9.47 Å². The first-order chi connectivity index (χ1) is 15.6. The summed E-state index contributed by atoms with van der Waals surface area (Å²) < 4.78 is 2.41. The van der Waals surface area contributed by atoms with Crippen molar-refractivity contribution in [1.82, 2.24) is 14.5 Å². The first kappa shape index (κ1) is 19.6. The van der Waals surface area contributed by atoms with Crippen molar-refractivity contribution in [2.45, 2.75) is 38.1 Å². The van der Waals surface area contributed by atoms with Gasteiger partial charge in [-0.2, -0.15) is 0 Å². The molecule has 0 amide bonds. The second-order valence-corrected chi connectivity index (χ2v) is 10.2. The Morgan fingerprint density at radius 3 is 2.62 bits per heavy atom. The molecule has 0 aliphatic carbocycles. The van der Waals surface area contributed by atoms with Crippen molar-refractivity contribution in [2.24, 2.45) is 4.99 Å². The summed E-state index contributed by atoms with van der Waals surface area (Å²) in [6, 6.07) is 23.9. The summed E-state index contributed by atoms with van der Waals surface area (Å²) in [5, 5.41) is 4.26. The monoisotopic (exact) mass is 438 g/mol. The topological polar surface area (TPSA) is 33.4 Å². The standard InChI is InChI=1S/C27H26N4S/c1-17-15-22(19(3)31(17)24-13-8-10-20-9-4-5-11-21(20)24)26-25(23-12-6-7-14-28-23)29-27-30(26)16-18(2)32-27/h4-15,18,25-26H,16H2,1-3H3/t18-,25-,26-/m0/s1. The van der Waals surface area contributed by atoms with Gasteiger partial charge in [0.2, 0.25) is 0 Å². The molecule has 2 aliphatic rings. The fraction of sp³-hybridized carbons (Fsp3) is 0.259. The quantitative estimate of drug-likeness (QED) is 0.380. The van der Waals surface area contributed by atoms with Crippen molar-refractivity contribution in [3.63, 3.8) is 0 Å². The lowest BCUT2D eigenvalue weighted by Gasteiger charge is -2.27. The molecular formula is C27H26N4S. The zero-order valence-electron chi connectivity index (χ0n) is 18.6. The van der Waals surface area contributed by atoms with E-state index in [1.165, 1.54) is 33.4 Å². The number of hydrogen-bond donors (Lipinski definition) is 0. The third-order valence-corrected chi connectivity index (χ3v) is 7.78. The van der Waals surface area contributed by atoms with Crippen molar-refractivity contribution in [2.75, 3.05) is 6.54 Å². The predicted molar refractivity (Wildman–Crippen MR) is 134 cm³/mol. The molecule has 0 radical (unpaired) electrons. The Hall–Kier alpha value is -3.05. The highest BCUT2D eigenvalue weighted by atomic mass is 32.2. The van der Waals surface area contributed by atoms with Gasteiger partial charge in [0.15, 0.2) is 5.17 Å². The van der Waals surface area contributed by atoms with Crippen LogP contribution in [-0.4, -0.2) is 31.4 Å². The van der Waals surface area contributed by atoms with Crippen LogP contribution in [0.25, 0.3) is 16.5 Å².